The summed E-state index contributed by atoms with van der Waals surface area (Å²) in [6, 6.07) is 13.4. The van der Waals surface area contributed by atoms with Crippen LogP contribution in [0.1, 0.15) is 76.9 Å². The first-order valence-corrected chi connectivity index (χ1v) is 14.3. The van der Waals surface area contributed by atoms with E-state index in [4.69, 9.17) is 32.9 Å². The minimum absolute atomic E-state index is 0.0229. The average Bonchev–Trinajstić information content (AvgIpc) is 3.27. The second kappa shape index (κ2) is 11.8. The van der Waals surface area contributed by atoms with Gasteiger partial charge in [-0.1, -0.05) is 60.7 Å². The quantitative estimate of drug-likeness (QED) is 0.306. The van der Waals surface area contributed by atoms with Gasteiger partial charge in [0.05, 0.1) is 5.56 Å². The van der Waals surface area contributed by atoms with Crippen molar-refractivity contribution in [2.75, 3.05) is 0 Å². The smallest absolute Gasteiger partial charge is 0.254 e. The molecule has 0 saturated heterocycles. The minimum atomic E-state index is 0.0229. The van der Waals surface area contributed by atoms with E-state index in [1.165, 1.54) is 29.7 Å². The molecule has 0 aliphatic heterocycles. The van der Waals surface area contributed by atoms with Gasteiger partial charge in [-0.3, -0.25) is 4.79 Å². The number of carbonyl (C=O) groups is 1. The highest BCUT2D eigenvalue weighted by molar-refractivity contribution is 7.16. The van der Waals surface area contributed by atoms with Gasteiger partial charge in [0.25, 0.3) is 5.91 Å². The summed E-state index contributed by atoms with van der Waals surface area (Å²) < 4.78 is 6.10. The number of thiophene rings is 1. The van der Waals surface area contributed by atoms with Crippen LogP contribution >= 0.6 is 34.5 Å². The summed E-state index contributed by atoms with van der Waals surface area (Å²) in [7, 11) is 0. The molecule has 1 saturated carbocycles. The molecule has 188 valence electrons. The van der Waals surface area contributed by atoms with Crippen LogP contribution in [0.25, 0.3) is 0 Å². The lowest BCUT2D eigenvalue weighted by molar-refractivity contribution is 0.0927. The number of fused-ring (bicyclic) bond motifs is 1. The maximum absolute atomic E-state index is 13.5. The number of hydrogen-bond donors (Lipinski definition) is 1. The number of halogens is 2. The van der Waals surface area contributed by atoms with Gasteiger partial charge in [-0.25, -0.2) is 4.99 Å². The van der Waals surface area contributed by atoms with Crippen LogP contribution in [0.3, 0.4) is 0 Å². The van der Waals surface area contributed by atoms with E-state index in [2.05, 4.69) is 5.32 Å². The summed E-state index contributed by atoms with van der Waals surface area (Å²) in [4.78, 5) is 19.6. The second-order valence-corrected chi connectivity index (χ2v) is 11.4. The van der Waals surface area contributed by atoms with Crippen molar-refractivity contribution in [2.24, 2.45) is 4.99 Å². The van der Waals surface area contributed by atoms with Crippen LogP contribution in [0.15, 0.2) is 47.5 Å². The molecule has 2 aromatic carbocycles. The zero-order valence-electron chi connectivity index (χ0n) is 20.2. The standard InChI is InChI=1S/C29H30Cl2N2O2S/c30-21-14-15-25(35-18-19-8-4-6-12-24(19)31)20(16-21)17-32-29-27(23-11-5-7-13-26(23)36-29)28(34)33-22-9-2-1-3-10-22/h4,6,8,12,14-17,22H,1-3,5,7,9-11,13,18H2,(H,33,34). The van der Waals surface area contributed by atoms with E-state index >= 15 is 0 Å². The predicted octanol–water partition coefficient (Wildman–Crippen LogP) is 8.33. The van der Waals surface area contributed by atoms with Gasteiger partial charge in [-0.2, -0.15) is 0 Å². The monoisotopic (exact) mass is 540 g/mol. The molecule has 3 aromatic rings. The number of ether oxygens (including phenoxy) is 1. The first kappa shape index (κ1) is 25.3. The second-order valence-electron chi connectivity index (χ2n) is 9.52. The Kier molecular flexibility index (Phi) is 8.30. The van der Waals surface area contributed by atoms with Gasteiger partial charge in [-0.15, -0.1) is 11.3 Å². The van der Waals surface area contributed by atoms with E-state index in [1.807, 2.05) is 36.4 Å². The molecule has 36 heavy (non-hydrogen) atoms. The van der Waals surface area contributed by atoms with Gasteiger partial charge in [0.1, 0.15) is 17.4 Å². The normalized spacial score (nSPS) is 16.2. The molecule has 4 nitrogen and oxygen atoms in total. The van der Waals surface area contributed by atoms with Crippen molar-refractivity contribution in [1.82, 2.24) is 5.32 Å². The molecule has 0 atom stereocenters. The molecule has 1 N–H and O–H groups in total. The van der Waals surface area contributed by atoms with Crippen molar-refractivity contribution in [2.45, 2.75) is 70.4 Å². The van der Waals surface area contributed by atoms with Crippen molar-refractivity contribution in [1.29, 1.82) is 0 Å². The Bertz CT molecular complexity index is 1260. The van der Waals surface area contributed by atoms with E-state index in [0.29, 0.717) is 22.4 Å². The van der Waals surface area contributed by atoms with Crippen LogP contribution in [-0.4, -0.2) is 18.2 Å². The molecule has 5 rings (SSSR count). The van der Waals surface area contributed by atoms with Crippen LogP contribution in [0.5, 0.6) is 5.75 Å². The molecule has 2 aliphatic rings. The molecule has 1 amide bonds. The van der Waals surface area contributed by atoms with Gasteiger partial charge in [-0.05, 0) is 68.4 Å². The topological polar surface area (TPSA) is 50.7 Å². The Hall–Kier alpha value is -2.34. The molecule has 0 spiro atoms. The summed E-state index contributed by atoms with van der Waals surface area (Å²) in [5.41, 5.74) is 3.62. The number of benzene rings is 2. The highest BCUT2D eigenvalue weighted by atomic mass is 35.5. The molecular formula is C29H30Cl2N2O2S. The van der Waals surface area contributed by atoms with E-state index in [1.54, 1.807) is 23.6 Å². The van der Waals surface area contributed by atoms with Gasteiger partial charge in [0.2, 0.25) is 0 Å². The number of rotatable bonds is 7. The SMILES string of the molecule is O=C(NC1CCCCC1)c1c(N=Cc2cc(Cl)ccc2OCc2ccccc2Cl)sc2c1CCCC2. The number of amides is 1. The van der Waals surface area contributed by atoms with Crippen LogP contribution in [-0.2, 0) is 19.4 Å². The maximum Gasteiger partial charge on any atom is 0.254 e. The lowest BCUT2D eigenvalue weighted by Crippen LogP contribution is -2.36. The predicted molar refractivity (Wildman–Crippen MR) is 150 cm³/mol. The third kappa shape index (κ3) is 5.96. The molecule has 1 heterocycles. The fourth-order valence-corrected chi connectivity index (χ4v) is 6.63. The summed E-state index contributed by atoms with van der Waals surface area (Å²) in [6.45, 7) is 0.338. The molecular weight excluding hydrogens is 511 g/mol. The molecule has 1 fully saturated rings. The maximum atomic E-state index is 13.5. The fourth-order valence-electron chi connectivity index (χ4n) is 5.03. The van der Waals surface area contributed by atoms with Crippen molar-refractivity contribution in [3.05, 3.63) is 79.6 Å². The van der Waals surface area contributed by atoms with Crippen LogP contribution in [0.2, 0.25) is 10.0 Å². The Balaban J connectivity index is 1.41. The van der Waals surface area contributed by atoms with Crippen molar-refractivity contribution in [3.63, 3.8) is 0 Å². The molecule has 1 aromatic heterocycles. The van der Waals surface area contributed by atoms with Crippen LogP contribution in [0, 0.1) is 0 Å². The Morgan fingerprint density at radius 1 is 1.06 bits per heavy atom. The van der Waals surface area contributed by atoms with Gasteiger partial charge >= 0.3 is 0 Å². The number of hydrogen-bond acceptors (Lipinski definition) is 4. The van der Waals surface area contributed by atoms with Gasteiger partial charge in [0, 0.05) is 38.3 Å². The highest BCUT2D eigenvalue weighted by Crippen LogP contribution is 2.40. The number of aryl methyl sites for hydroxylation is 1. The van der Waals surface area contributed by atoms with Gasteiger partial charge in [0.15, 0.2) is 0 Å². The van der Waals surface area contributed by atoms with Crippen molar-refractivity contribution < 1.29 is 9.53 Å². The van der Waals surface area contributed by atoms with E-state index in [-0.39, 0.29) is 11.9 Å². The molecule has 7 heteroatoms. The van der Waals surface area contributed by atoms with Gasteiger partial charge < -0.3 is 10.1 Å². The Morgan fingerprint density at radius 3 is 2.69 bits per heavy atom. The summed E-state index contributed by atoms with van der Waals surface area (Å²) in [5.74, 6) is 0.687. The van der Waals surface area contributed by atoms with Crippen LogP contribution < -0.4 is 10.1 Å². The molecule has 0 unspecified atom stereocenters. The van der Waals surface area contributed by atoms with Crippen molar-refractivity contribution >= 4 is 51.7 Å². The molecule has 0 bridgehead atoms. The lowest BCUT2D eigenvalue weighted by atomic mass is 9.93. The number of carbonyl (C=O) groups excluding carboxylic acids is 1. The average molecular weight is 542 g/mol. The molecule has 0 radical (unpaired) electrons. The van der Waals surface area contributed by atoms with E-state index < -0.39 is 0 Å². The Morgan fingerprint density at radius 2 is 1.86 bits per heavy atom. The zero-order chi connectivity index (χ0) is 24.9. The minimum Gasteiger partial charge on any atom is -0.488 e. The third-order valence-corrected chi connectivity index (χ3v) is 8.76. The van der Waals surface area contributed by atoms with E-state index in [0.717, 1.165) is 60.2 Å². The number of nitrogens with one attached hydrogen (secondary N) is 1. The first-order chi connectivity index (χ1) is 17.6. The lowest BCUT2D eigenvalue weighted by Gasteiger charge is -2.23. The summed E-state index contributed by atoms with van der Waals surface area (Å²) in [6.07, 6.45) is 11.8. The number of aliphatic imine (C=N–C) groups is 1. The highest BCUT2D eigenvalue weighted by Gasteiger charge is 2.27. The fraction of sp³-hybridized carbons (Fsp3) is 0.379. The Labute approximate surface area is 226 Å². The number of nitrogens with zero attached hydrogens (tertiary/aromatic N) is 1. The van der Waals surface area contributed by atoms with Crippen LogP contribution in [0.4, 0.5) is 5.00 Å². The first-order valence-electron chi connectivity index (χ1n) is 12.7. The summed E-state index contributed by atoms with van der Waals surface area (Å²) in [5, 5.41) is 5.35. The zero-order valence-corrected chi connectivity index (χ0v) is 22.5. The third-order valence-electron chi connectivity index (χ3n) is 6.95. The molecule has 2 aliphatic carbocycles. The van der Waals surface area contributed by atoms with Crippen molar-refractivity contribution in [3.8, 4) is 5.75 Å². The van der Waals surface area contributed by atoms with E-state index in [9.17, 15) is 4.79 Å². The summed E-state index contributed by atoms with van der Waals surface area (Å²) >= 11 is 14.3. The largest absolute Gasteiger partial charge is 0.488 e.